The fourth-order valence-electron chi connectivity index (χ4n) is 3.58. The molecule has 0 unspecified atom stereocenters. The van der Waals surface area contributed by atoms with Crippen LogP contribution in [0.4, 0.5) is 17.5 Å². The Balaban J connectivity index is 1.41. The smallest absolute Gasteiger partial charge is 0.229 e. The van der Waals surface area contributed by atoms with Gasteiger partial charge < -0.3 is 20.6 Å². The second kappa shape index (κ2) is 6.42. The molecule has 0 atom stereocenters. The Morgan fingerprint density at radius 3 is 2.96 bits per heavy atom. The molecule has 0 spiro atoms. The first-order chi connectivity index (χ1) is 13.7. The summed E-state index contributed by atoms with van der Waals surface area (Å²) in [6.07, 6.45) is 6.48. The standard InChI is InChI=1S/C22H20N6/c1-28-10-8-17-19(3-2-4-20(17)28)26-22-25-13-16(21(23)27-22)12-14-5-6-18-15(11-14)7-9-24-18/h2-11,13,24H,12H2,1H3,(H3,23,25,26,27). The molecule has 0 aliphatic heterocycles. The molecule has 3 heterocycles. The van der Waals surface area contributed by atoms with Crippen LogP contribution in [0.1, 0.15) is 11.1 Å². The van der Waals surface area contributed by atoms with E-state index in [4.69, 9.17) is 5.73 Å². The summed E-state index contributed by atoms with van der Waals surface area (Å²) in [6.45, 7) is 0. The van der Waals surface area contributed by atoms with Gasteiger partial charge in [-0.1, -0.05) is 12.1 Å². The number of aromatic nitrogens is 4. The zero-order valence-corrected chi connectivity index (χ0v) is 15.5. The van der Waals surface area contributed by atoms with Crippen LogP contribution in [0.15, 0.2) is 67.1 Å². The molecular formula is C22H20N6. The summed E-state index contributed by atoms with van der Waals surface area (Å²) in [5.74, 6) is 0.991. The Labute approximate surface area is 162 Å². The Bertz CT molecular complexity index is 1300. The van der Waals surface area contributed by atoms with Gasteiger partial charge in [0.2, 0.25) is 5.95 Å². The first-order valence-corrected chi connectivity index (χ1v) is 9.16. The number of benzene rings is 2. The molecule has 28 heavy (non-hydrogen) atoms. The Morgan fingerprint density at radius 2 is 2.07 bits per heavy atom. The van der Waals surface area contributed by atoms with Gasteiger partial charge in [0.1, 0.15) is 5.82 Å². The monoisotopic (exact) mass is 368 g/mol. The van der Waals surface area contributed by atoms with E-state index in [1.54, 1.807) is 6.20 Å². The van der Waals surface area contributed by atoms with E-state index in [0.29, 0.717) is 18.2 Å². The third-order valence-electron chi connectivity index (χ3n) is 5.08. The van der Waals surface area contributed by atoms with Crippen molar-refractivity contribution in [3.05, 3.63) is 78.2 Å². The molecule has 6 heteroatoms. The topological polar surface area (TPSA) is 84.5 Å². The van der Waals surface area contributed by atoms with E-state index in [0.717, 1.165) is 27.7 Å². The molecule has 0 radical (unpaired) electrons. The molecule has 0 aliphatic carbocycles. The quantitative estimate of drug-likeness (QED) is 0.440. The average Bonchev–Trinajstić information content (AvgIpc) is 3.31. The van der Waals surface area contributed by atoms with Gasteiger partial charge in [-0.05, 0) is 47.3 Å². The third-order valence-corrected chi connectivity index (χ3v) is 5.08. The highest BCUT2D eigenvalue weighted by Gasteiger charge is 2.09. The molecule has 0 saturated heterocycles. The van der Waals surface area contributed by atoms with Crippen LogP contribution in [0.2, 0.25) is 0 Å². The number of nitrogen functional groups attached to an aromatic ring is 1. The zero-order valence-electron chi connectivity index (χ0n) is 15.5. The van der Waals surface area contributed by atoms with Gasteiger partial charge in [0.15, 0.2) is 0 Å². The summed E-state index contributed by atoms with van der Waals surface area (Å²) in [5.41, 5.74) is 11.6. The second-order valence-corrected chi connectivity index (χ2v) is 6.97. The fourth-order valence-corrected chi connectivity index (χ4v) is 3.58. The average molecular weight is 368 g/mol. The lowest BCUT2D eigenvalue weighted by Crippen LogP contribution is -2.04. The van der Waals surface area contributed by atoms with E-state index in [-0.39, 0.29) is 0 Å². The fraction of sp³-hybridized carbons (Fsp3) is 0.0909. The summed E-state index contributed by atoms with van der Waals surface area (Å²) in [5, 5.41) is 5.60. The molecule has 3 aromatic heterocycles. The van der Waals surface area contributed by atoms with Gasteiger partial charge in [-0.3, -0.25) is 0 Å². The van der Waals surface area contributed by atoms with Gasteiger partial charge in [0.05, 0.1) is 5.69 Å². The van der Waals surface area contributed by atoms with Crippen molar-refractivity contribution in [3.8, 4) is 0 Å². The van der Waals surface area contributed by atoms with Crippen LogP contribution in [0.5, 0.6) is 0 Å². The van der Waals surface area contributed by atoms with Gasteiger partial charge in [-0.2, -0.15) is 4.98 Å². The van der Waals surface area contributed by atoms with Crippen LogP contribution in [-0.4, -0.2) is 19.5 Å². The molecule has 138 valence electrons. The lowest BCUT2D eigenvalue weighted by Gasteiger charge is -2.10. The maximum Gasteiger partial charge on any atom is 0.229 e. The summed E-state index contributed by atoms with van der Waals surface area (Å²) in [7, 11) is 2.03. The van der Waals surface area contributed by atoms with E-state index in [9.17, 15) is 0 Å². The van der Waals surface area contributed by atoms with Crippen molar-refractivity contribution >= 4 is 39.3 Å². The number of hydrogen-bond acceptors (Lipinski definition) is 4. The van der Waals surface area contributed by atoms with Gasteiger partial charge in [0, 0.05) is 54.0 Å². The minimum atomic E-state index is 0.493. The molecule has 0 saturated carbocycles. The molecule has 4 N–H and O–H groups in total. The summed E-state index contributed by atoms with van der Waals surface area (Å²) in [4.78, 5) is 12.2. The van der Waals surface area contributed by atoms with Crippen molar-refractivity contribution in [1.82, 2.24) is 19.5 Å². The highest BCUT2D eigenvalue weighted by atomic mass is 15.1. The third kappa shape index (κ3) is 2.85. The number of aromatic amines is 1. The number of nitrogens with two attached hydrogens (primary N) is 1. The highest BCUT2D eigenvalue weighted by molar-refractivity contribution is 5.93. The Kier molecular flexibility index (Phi) is 3.76. The van der Waals surface area contributed by atoms with Crippen molar-refractivity contribution in [1.29, 1.82) is 0 Å². The van der Waals surface area contributed by atoms with Crippen molar-refractivity contribution in [2.75, 3.05) is 11.1 Å². The number of rotatable bonds is 4. The first-order valence-electron chi connectivity index (χ1n) is 9.16. The predicted molar refractivity (Wildman–Crippen MR) is 114 cm³/mol. The van der Waals surface area contributed by atoms with Crippen LogP contribution in [0.25, 0.3) is 21.8 Å². The molecule has 0 fully saturated rings. The number of aryl methyl sites for hydroxylation is 1. The Morgan fingerprint density at radius 1 is 1.14 bits per heavy atom. The lowest BCUT2D eigenvalue weighted by molar-refractivity contribution is 0.969. The molecule has 5 aromatic rings. The van der Waals surface area contributed by atoms with E-state index in [2.05, 4.69) is 61.2 Å². The van der Waals surface area contributed by atoms with Crippen molar-refractivity contribution in [2.24, 2.45) is 7.05 Å². The van der Waals surface area contributed by atoms with Crippen LogP contribution in [0.3, 0.4) is 0 Å². The normalized spacial score (nSPS) is 11.3. The number of fused-ring (bicyclic) bond motifs is 2. The first kappa shape index (κ1) is 16.4. The van der Waals surface area contributed by atoms with E-state index >= 15 is 0 Å². The second-order valence-electron chi connectivity index (χ2n) is 6.97. The number of nitrogens with zero attached hydrogens (tertiary/aromatic N) is 3. The van der Waals surface area contributed by atoms with Gasteiger partial charge in [0.25, 0.3) is 0 Å². The maximum absolute atomic E-state index is 6.23. The van der Waals surface area contributed by atoms with Crippen LogP contribution in [0, 0.1) is 0 Å². The minimum Gasteiger partial charge on any atom is -0.383 e. The number of hydrogen-bond donors (Lipinski definition) is 3. The summed E-state index contributed by atoms with van der Waals surface area (Å²) < 4.78 is 2.08. The molecule has 0 bridgehead atoms. The molecule has 5 rings (SSSR count). The molecule has 0 amide bonds. The molecule has 2 aromatic carbocycles. The van der Waals surface area contributed by atoms with Crippen LogP contribution < -0.4 is 11.1 Å². The molecule has 0 aliphatic rings. The lowest BCUT2D eigenvalue weighted by atomic mass is 10.1. The highest BCUT2D eigenvalue weighted by Crippen LogP contribution is 2.26. The summed E-state index contributed by atoms with van der Waals surface area (Å²) in [6, 6.07) is 16.6. The Hall–Kier alpha value is -3.80. The van der Waals surface area contributed by atoms with Gasteiger partial charge in [-0.15, -0.1) is 0 Å². The van der Waals surface area contributed by atoms with Gasteiger partial charge in [-0.25, -0.2) is 4.98 Å². The summed E-state index contributed by atoms with van der Waals surface area (Å²) >= 11 is 0. The number of H-pyrrole nitrogens is 1. The number of anilines is 3. The van der Waals surface area contributed by atoms with E-state index in [1.165, 1.54) is 10.9 Å². The predicted octanol–water partition coefficient (Wildman–Crippen LogP) is 4.37. The maximum atomic E-state index is 6.23. The van der Waals surface area contributed by atoms with Crippen molar-refractivity contribution in [2.45, 2.75) is 6.42 Å². The minimum absolute atomic E-state index is 0.493. The molecule has 6 nitrogen and oxygen atoms in total. The van der Waals surface area contributed by atoms with Gasteiger partial charge >= 0.3 is 0 Å². The number of nitrogens with one attached hydrogen (secondary N) is 2. The SMILES string of the molecule is Cn1ccc2c(Nc3ncc(Cc4ccc5[nH]ccc5c4)c(N)n3)cccc21. The van der Waals surface area contributed by atoms with E-state index in [1.807, 2.05) is 31.6 Å². The van der Waals surface area contributed by atoms with Crippen molar-refractivity contribution < 1.29 is 0 Å². The van der Waals surface area contributed by atoms with E-state index < -0.39 is 0 Å². The zero-order chi connectivity index (χ0) is 19.1. The van der Waals surface area contributed by atoms with Crippen molar-refractivity contribution in [3.63, 3.8) is 0 Å². The largest absolute Gasteiger partial charge is 0.383 e. The van der Waals surface area contributed by atoms with Crippen LogP contribution >= 0.6 is 0 Å². The molecular weight excluding hydrogens is 348 g/mol. The van der Waals surface area contributed by atoms with Crippen LogP contribution in [-0.2, 0) is 13.5 Å².